The minimum absolute atomic E-state index is 0.127. The van der Waals surface area contributed by atoms with Gasteiger partial charge >= 0.3 is 0 Å². The van der Waals surface area contributed by atoms with E-state index < -0.39 is 6.04 Å². The van der Waals surface area contributed by atoms with Gasteiger partial charge in [0.15, 0.2) is 0 Å². The molecule has 5 nitrogen and oxygen atoms in total. The van der Waals surface area contributed by atoms with Gasteiger partial charge in [0.2, 0.25) is 11.8 Å². The highest BCUT2D eigenvalue weighted by molar-refractivity contribution is 5.98. The zero-order valence-corrected chi connectivity index (χ0v) is 20.1. The average molecular weight is 479 g/mol. The molecule has 0 radical (unpaired) electrons. The molecule has 0 heterocycles. The molecule has 2 amide bonds. The number of hydrogen-bond acceptors (Lipinski definition) is 3. The standard InChI is InChI=1S/C31H30N2O3/c34-30(23-36-22-26-16-8-3-9-17-26)32-29(21-25-14-6-2-7-15-25)31(35)33-28-19-11-10-18-27(28)20-24-12-4-1-5-13-24/h1-19,29H,20-23H2,(H,32,34)(H,33,35). The normalized spacial score (nSPS) is 11.4. The zero-order valence-electron chi connectivity index (χ0n) is 20.1. The van der Waals surface area contributed by atoms with Gasteiger partial charge in [-0.3, -0.25) is 9.59 Å². The minimum Gasteiger partial charge on any atom is -0.367 e. The molecular weight excluding hydrogens is 448 g/mol. The van der Waals surface area contributed by atoms with E-state index in [1.807, 2.05) is 103 Å². The minimum atomic E-state index is -0.745. The van der Waals surface area contributed by atoms with Crippen LogP contribution in [0.2, 0.25) is 0 Å². The second-order valence-corrected chi connectivity index (χ2v) is 8.60. The lowest BCUT2D eigenvalue weighted by Crippen LogP contribution is -2.46. The van der Waals surface area contributed by atoms with Crippen molar-refractivity contribution in [1.82, 2.24) is 5.32 Å². The Labute approximate surface area is 212 Å². The number of nitrogens with one attached hydrogen (secondary N) is 2. The van der Waals surface area contributed by atoms with Crippen LogP contribution in [0.3, 0.4) is 0 Å². The topological polar surface area (TPSA) is 67.4 Å². The molecule has 0 saturated heterocycles. The summed E-state index contributed by atoms with van der Waals surface area (Å²) in [6.45, 7) is 0.203. The lowest BCUT2D eigenvalue weighted by molar-refractivity contribution is -0.130. The molecule has 0 fully saturated rings. The molecule has 0 aromatic heterocycles. The molecule has 0 aliphatic heterocycles. The zero-order chi connectivity index (χ0) is 25.0. The van der Waals surface area contributed by atoms with Gasteiger partial charge in [-0.25, -0.2) is 0 Å². The highest BCUT2D eigenvalue weighted by Crippen LogP contribution is 2.20. The predicted octanol–water partition coefficient (Wildman–Crippen LogP) is 5.16. The van der Waals surface area contributed by atoms with Crippen molar-refractivity contribution >= 4 is 17.5 Å². The third-order valence-electron chi connectivity index (χ3n) is 5.79. The maximum Gasteiger partial charge on any atom is 0.247 e. The summed E-state index contributed by atoms with van der Waals surface area (Å²) >= 11 is 0. The number of benzene rings is 4. The van der Waals surface area contributed by atoms with Gasteiger partial charge in [-0.05, 0) is 34.7 Å². The van der Waals surface area contributed by atoms with Crippen LogP contribution in [-0.2, 0) is 33.8 Å². The van der Waals surface area contributed by atoms with E-state index in [1.54, 1.807) is 0 Å². The van der Waals surface area contributed by atoms with E-state index in [2.05, 4.69) is 22.8 Å². The van der Waals surface area contributed by atoms with E-state index in [0.29, 0.717) is 19.4 Å². The first-order valence-electron chi connectivity index (χ1n) is 12.0. The van der Waals surface area contributed by atoms with Gasteiger partial charge in [-0.2, -0.15) is 0 Å². The first-order valence-corrected chi connectivity index (χ1v) is 12.0. The van der Waals surface area contributed by atoms with Crippen molar-refractivity contribution in [2.45, 2.75) is 25.5 Å². The maximum absolute atomic E-state index is 13.4. The van der Waals surface area contributed by atoms with Crippen molar-refractivity contribution in [2.75, 3.05) is 11.9 Å². The molecule has 0 bridgehead atoms. The van der Waals surface area contributed by atoms with Crippen molar-refractivity contribution in [1.29, 1.82) is 0 Å². The fourth-order valence-electron chi connectivity index (χ4n) is 3.96. The van der Waals surface area contributed by atoms with Crippen LogP contribution in [0, 0.1) is 0 Å². The van der Waals surface area contributed by atoms with E-state index in [4.69, 9.17) is 4.74 Å². The number of ether oxygens (including phenoxy) is 1. The van der Waals surface area contributed by atoms with Gasteiger partial charge in [0, 0.05) is 12.1 Å². The van der Waals surface area contributed by atoms with Crippen LogP contribution in [0.4, 0.5) is 5.69 Å². The molecule has 4 aromatic carbocycles. The van der Waals surface area contributed by atoms with Gasteiger partial charge in [-0.1, -0.05) is 109 Å². The van der Waals surface area contributed by atoms with Gasteiger partial charge in [-0.15, -0.1) is 0 Å². The van der Waals surface area contributed by atoms with Crippen LogP contribution in [0.25, 0.3) is 0 Å². The summed E-state index contributed by atoms with van der Waals surface area (Å²) in [6, 6.07) is 36.4. The van der Waals surface area contributed by atoms with Crippen molar-refractivity contribution in [3.63, 3.8) is 0 Å². The molecule has 2 N–H and O–H groups in total. The number of anilines is 1. The Hall–Kier alpha value is -4.22. The Balaban J connectivity index is 1.43. The van der Waals surface area contributed by atoms with Crippen LogP contribution in [-0.4, -0.2) is 24.5 Å². The van der Waals surface area contributed by atoms with Crippen LogP contribution in [0.15, 0.2) is 115 Å². The Morgan fingerprint density at radius 2 is 1.22 bits per heavy atom. The Kier molecular flexibility index (Phi) is 9.01. The lowest BCUT2D eigenvalue weighted by atomic mass is 10.0. The van der Waals surface area contributed by atoms with Crippen molar-refractivity contribution in [2.24, 2.45) is 0 Å². The highest BCUT2D eigenvalue weighted by atomic mass is 16.5. The molecular formula is C31H30N2O3. The molecule has 0 saturated carbocycles. The second-order valence-electron chi connectivity index (χ2n) is 8.60. The third kappa shape index (κ3) is 7.65. The Bertz CT molecular complexity index is 1240. The quantitative estimate of drug-likeness (QED) is 0.313. The van der Waals surface area contributed by atoms with Crippen LogP contribution in [0.1, 0.15) is 22.3 Å². The molecule has 0 aliphatic rings. The first-order chi connectivity index (χ1) is 17.7. The van der Waals surface area contributed by atoms with E-state index in [1.165, 1.54) is 0 Å². The summed E-state index contributed by atoms with van der Waals surface area (Å²) in [6.07, 6.45) is 1.07. The maximum atomic E-state index is 13.4. The van der Waals surface area contributed by atoms with E-state index in [0.717, 1.165) is 27.9 Å². The van der Waals surface area contributed by atoms with E-state index >= 15 is 0 Å². The lowest BCUT2D eigenvalue weighted by Gasteiger charge is -2.20. The van der Waals surface area contributed by atoms with Crippen LogP contribution in [0.5, 0.6) is 0 Å². The molecule has 1 atom stereocenters. The molecule has 0 spiro atoms. The Morgan fingerprint density at radius 3 is 1.89 bits per heavy atom. The van der Waals surface area contributed by atoms with Gasteiger partial charge in [0.1, 0.15) is 12.6 Å². The monoisotopic (exact) mass is 478 g/mol. The molecule has 36 heavy (non-hydrogen) atoms. The highest BCUT2D eigenvalue weighted by Gasteiger charge is 2.22. The number of amides is 2. The Morgan fingerprint density at radius 1 is 0.667 bits per heavy atom. The predicted molar refractivity (Wildman–Crippen MR) is 142 cm³/mol. The molecule has 182 valence electrons. The molecule has 4 aromatic rings. The number of para-hydroxylation sites is 1. The van der Waals surface area contributed by atoms with Gasteiger partial charge in [0.05, 0.1) is 6.61 Å². The van der Waals surface area contributed by atoms with Gasteiger partial charge < -0.3 is 15.4 Å². The summed E-state index contributed by atoms with van der Waals surface area (Å²) in [5.41, 5.74) is 4.84. The third-order valence-corrected chi connectivity index (χ3v) is 5.79. The summed E-state index contributed by atoms with van der Waals surface area (Å²) in [7, 11) is 0. The molecule has 0 aliphatic carbocycles. The number of hydrogen-bond donors (Lipinski definition) is 2. The van der Waals surface area contributed by atoms with Gasteiger partial charge in [0.25, 0.3) is 0 Å². The van der Waals surface area contributed by atoms with E-state index in [-0.39, 0.29) is 18.4 Å². The molecule has 4 rings (SSSR count). The smallest absolute Gasteiger partial charge is 0.247 e. The van der Waals surface area contributed by atoms with Crippen LogP contribution >= 0.6 is 0 Å². The van der Waals surface area contributed by atoms with Crippen molar-refractivity contribution in [3.05, 3.63) is 138 Å². The van der Waals surface area contributed by atoms with Crippen molar-refractivity contribution in [3.8, 4) is 0 Å². The van der Waals surface area contributed by atoms with E-state index in [9.17, 15) is 9.59 Å². The largest absolute Gasteiger partial charge is 0.367 e. The second kappa shape index (κ2) is 13.0. The fraction of sp³-hybridized carbons (Fsp3) is 0.161. The first kappa shape index (κ1) is 24.9. The molecule has 1 unspecified atom stereocenters. The number of carbonyl (C=O) groups excluding carboxylic acids is 2. The fourth-order valence-corrected chi connectivity index (χ4v) is 3.96. The summed E-state index contributed by atoms with van der Waals surface area (Å²) in [4.78, 5) is 26.1. The summed E-state index contributed by atoms with van der Waals surface area (Å²) in [5.74, 6) is -0.602. The molecule has 5 heteroatoms. The van der Waals surface area contributed by atoms with Crippen LogP contribution < -0.4 is 10.6 Å². The van der Waals surface area contributed by atoms with Crippen molar-refractivity contribution < 1.29 is 14.3 Å². The number of carbonyl (C=O) groups is 2. The SMILES string of the molecule is O=C(COCc1ccccc1)NC(Cc1ccccc1)C(=O)Nc1ccccc1Cc1ccccc1. The number of rotatable bonds is 11. The summed E-state index contributed by atoms with van der Waals surface area (Å²) < 4.78 is 5.57. The summed E-state index contributed by atoms with van der Waals surface area (Å²) in [5, 5.41) is 5.91. The average Bonchev–Trinajstić information content (AvgIpc) is 2.91.